The quantitative estimate of drug-likeness (QED) is 0.140. The number of fused-ring (bicyclic) bond motifs is 1. The molecule has 15 heteroatoms. The van der Waals surface area contributed by atoms with Crippen LogP contribution in [0.5, 0.6) is 5.75 Å². The highest BCUT2D eigenvalue weighted by Gasteiger charge is 2.36. The average molecular weight is 809 g/mol. The molecule has 15 nitrogen and oxygen atoms in total. The third kappa shape index (κ3) is 8.09. The Hall–Kier alpha value is -6.48. The van der Waals surface area contributed by atoms with E-state index in [4.69, 9.17) is 14.2 Å². The lowest BCUT2D eigenvalue weighted by Gasteiger charge is -2.47. The second-order valence-corrected chi connectivity index (χ2v) is 17.0. The number of carbonyl (C=O) groups excluding carboxylic acids is 3. The molecular formula is C45H48N10O5. The summed E-state index contributed by atoms with van der Waals surface area (Å²) >= 11 is 0. The van der Waals surface area contributed by atoms with Gasteiger partial charge in [0.15, 0.2) is 11.9 Å². The number of imide groups is 1. The molecule has 2 aliphatic heterocycles. The van der Waals surface area contributed by atoms with E-state index in [1.165, 1.54) is 5.56 Å². The number of hydrogen-bond donors (Lipinski definition) is 3. The monoisotopic (exact) mass is 808 g/mol. The number of piperidine rings is 1. The van der Waals surface area contributed by atoms with Crippen LogP contribution in [0.15, 0.2) is 77.7 Å². The van der Waals surface area contributed by atoms with Crippen molar-refractivity contribution in [1.29, 1.82) is 0 Å². The first-order valence-corrected chi connectivity index (χ1v) is 20.6. The van der Waals surface area contributed by atoms with Gasteiger partial charge < -0.3 is 24.5 Å². The number of aromatic amines is 1. The number of piperazine rings is 1. The van der Waals surface area contributed by atoms with Crippen molar-refractivity contribution in [1.82, 2.24) is 45.6 Å². The maximum atomic E-state index is 12.7. The van der Waals surface area contributed by atoms with Crippen LogP contribution in [0.25, 0.3) is 33.5 Å². The molecule has 3 aliphatic rings. The molecule has 308 valence electrons. The van der Waals surface area contributed by atoms with Crippen molar-refractivity contribution in [3.8, 4) is 28.3 Å². The molecule has 0 spiro atoms. The van der Waals surface area contributed by atoms with Crippen LogP contribution in [0.3, 0.4) is 0 Å². The molecule has 3 amide bonds. The van der Waals surface area contributed by atoms with Gasteiger partial charge in [0.1, 0.15) is 23.5 Å². The van der Waals surface area contributed by atoms with E-state index in [-0.39, 0.29) is 23.1 Å². The minimum atomic E-state index is -0.622. The molecule has 6 heterocycles. The van der Waals surface area contributed by atoms with Gasteiger partial charge >= 0.3 is 11.8 Å². The van der Waals surface area contributed by atoms with Crippen molar-refractivity contribution in [2.75, 3.05) is 31.1 Å². The minimum absolute atomic E-state index is 0.0492. The van der Waals surface area contributed by atoms with Gasteiger partial charge in [-0.1, -0.05) is 50.2 Å². The Balaban J connectivity index is 0.774. The number of aromatic nitrogens is 6. The number of nitrogens with one attached hydrogen (secondary N) is 3. The third-order valence-electron chi connectivity index (χ3n) is 11.9. The lowest BCUT2D eigenvalue weighted by Crippen LogP contribution is -2.53. The summed E-state index contributed by atoms with van der Waals surface area (Å²) in [7, 11) is 0. The summed E-state index contributed by atoms with van der Waals surface area (Å²) in [4.78, 5) is 63.0. The first-order valence-electron chi connectivity index (χ1n) is 20.6. The van der Waals surface area contributed by atoms with E-state index in [0.29, 0.717) is 42.9 Å². The molecule has 0 radical (unpaired) electrons. The van der Waals surface area contributed by atoms with Crippen molar-refractivity contribution < 1.29 is 23.6 Å². The molecule has 0 unspecified atom stereocenters. The molecule has 3 N–H and O–H groups in total. The Morgan fingerprint density at radius 3 is 2.43 bits per heavy atom. The van der Waals surface area contributed by atoms with Crippen LogP contribution in [0, 0.1) is 6.92 Å². The third-order valence-corrected chi connectivity index (χ3v) is 11.9. The number of benzene rings is 2. The lowest BCUT2D eigenvalue weighted by molar-refractivity contribution is -0.138. The number of ether oxygens (including phenoxy) is 1. The molecule has 2 aromatic carbocycles. The maximum Gasteiger partial charge on any atom is 0.315 e. The van der Waals surface area contributed by atoms with Gasteiger partial charge in [-0.15, -0.1) is 0 Å². The van der Waals surface area contributed by atoms with E-state index >= 15 is 0 Å². The summed E-state index contributed by atoms with van der Waals surface area (Å²) < 4.78 is 11.0. The maximum absolute atomic E-state index is 12.7. The van der Waals surface area contributed by atoms with E-state index in [0.717, 1.165) is 89.5 Å². The van der Waals surface area contributed by atoms with Gasteiger partial charge in [0.05, 0.1) is 5.69 Å². The fraction of sp³-hybridized carbons (Fsp3) is 0.378. The molecule has 9 rings (SSSR count). The molecule has 0 bridgehead atoms. The summed E-state index contributed by atoms with van der Waals surface area (Å²) in [5.41, 5.74) is 7.35. The smallest absolute Gasteiger partial charge is 0.315 e. The highest BCUT2D eigenvalue weighted by atomic mass is 16.5. The first kappa shape index (κ1) is 39.0. The molecule has 2 saturated heterocycles. The Labute approximate surface area is 347 Å². The summed E-state index contributed by atoms with van der Waals surface area (Å²) in [6.45, 7) is 12.1. The summed E-state index contributed by atoms with van der Waals surface area (Å²) in [6, 6.07) is 21.0. The highest BCUT2D eigenvalue weighted by Crippen LogP contribution is 2.41. The van der Waals surface area contributed by atoms with Crippen LogP contribution in [0.1, 0.15) is 85.6 Å². The molecule has 1 atom stereocenters. The van der Waals surface area contributed by atoms with Gasteiger partial charge in [-0.2, -0.15) is 4.98 Å². The van der Waals surface area contributed by atoms with Crippen LogP contribution in [0.4, 0.5) is 5.82 Å². The van der Waals surface area contributed by atoms with Gasteiger partial charge in [-0.25, -0.2) is 15.0 Å². The van der Waals surface area contributed by atoms with Gasteiger partial charge in [0.25, 0.3) is 5.91 Å². The number of carbonyl (C=O) groups is 3. The molecule has 6 aromatic rings. The van der Waals surface area contributed by atoms with Crippen LogP contribution in [-0.4, -0.2) is 91.0 Å². The Morgan fingerprint density at radius 2 is 1.73 bits per heavy atom. The topological polar surface area (TPSA) is 184 Å². The molecule has 1 aliphatic carbocycles. The first-order chi connectivity index (χ1) is 28.9. The van der Waals surface area contributed by atoms with Gasteiger partial charge in [-0.05, 0) is 78.8 Å². The molecule has 60 heavy (non-hydrogen) atoms. The molecule has 3 fully saturated rings. The van der Waals surface area contributed by atoms with Crippen molar-refractivity contribution in [2.24, 2.45) is 0 Å². The van der Waals surface area contributed by atoms with E-state index in [1.54, 1.807) is 6.33 Å². The number of anilines is 1. The molecule has 1 saturated carbocycles. The molecule has 4 aromatic heterocycles. The molecular weight excluding hydrogens is 761 g/mol. The number of nitrogens with zero attached hydrogens (tertiary/aromatic N) is 7. The SMILES string of the molecule is Cc1cc(-c2ncnc3[nH]c(-c4ccc(N5CCN(C6CC(c7ccc(O[C@@H]8CCC(=O)NC8=O)cc7)C6)CC5)nc4)cc23)ccc1CNC(=O)c1nc(C(C)(C)C)no1. The van der Waals surface area contributed by atoms with Crippen LogP contribution in [-0.2, 0) is 21.5 Å². The van der Waals surface area contributed by atoms with Crippen LogP contribution >= 0.6 is 0 Å². The fourth-order valence-electron chi connectivity index (χ4n) is 8.21. The average Bonchev–Trinajstić information content (AvgIpc) is 3.91. The van der Waals surface area contributed by atoms with Crippen molar-refractivity contribution >= 4 is 34.6 Å². The normalized spacial score (nSPS) is 19.9. The number of H-pyrrole nitrogens is 1. The standard InChI is InChI=1S/C45H48N10O5/c1-26-19-28(5-6-29(26)23-47-42(58)43-52-44(53-60-43)45(2,3)4)39-34-22-35(50-40(34)49-25-48-39)30-9-13-37(46-24-30)55-17-15-54(16-18-55)32-20-31(21-32)27-7-10-33(11-8-27)59-36-12-14-38(56)51-41(36)57/h5-11,13,19,22,24-25,31-32,36H,12,14-18,20-21,23H2,1-4H3,(H,47,58)(H,48,49,50)(H,51,56,57)/t31?,32?,36-/m1/s1. The zero-order valence-electron chi connectivity index (χ0n) is 34.2. The summed E-state index contributed by atoms with van der Waals surface area (Å²) in [6.07, 6.45) is 5.83. The number of aryl methyl sites for hydroxylation is 1. The van der Waals surface area contributed by atoms with Crippen molar-refractivity contribution in [3.63, 3.8) is 0 Å². The second-order valence-electron chi connectivity index (χ2n) is 17.0. The van der Waals surface area contributed by atoms with Gasteiger partial charge in [-0.3, -0.25) is 24.6 Å². The number of hydrogen-bond acceptors (Lipinski definition) is 12. The van der Waals surface area contributed by atoms with Crippen LogP contribution < -0.4 is 20.3 Å². The minimum Gasteiger partial charge on any atom is -0.481 e. The number of amides is 3. The lowest BCUT2D eigenvalue weighted by atomic mass is 9.75. The van der Waals surface area contributed by atoms with Crippen molar-refractivity contribution in [3.05, 3.63) is 102 Å². The van der Waals surface area contributed by atoms with E-state index in [9.17, 15) is 14.4 Å². The summed E-state index contributed by atoms with van der Waals surface area (Å²) in [5.74, 6) is 1.56. The second kappa shape index (κ2) is 15.9. The van der Waals surface area contributed by atoms with Gasteiger partial charge in [0.2, 0.25) is 5.91 Å². The zero-order chi connectivity index (χ0) is 41.5. The summed E-state index contributed by atoms with van der Waals surface area (Å²) in [5, 5.41) is 10.1. The predicted molar refractivity (Wildman–Crippen MR) is 224 cm³/mol. The van der Waals surface area contributed by atoms with Crippen LogP contribution in [0.2, 0.25) is 0 Å². The van der Waals surface area contributed by atoms with Crippen molar-refractivity contribution in [2.45, 2.75) is 83.4 Å². The van der Waals surface area contributed by atoms with E-state index in [2.05, 4.69) is 81.9 Å². The Morgan fingerprint density at radius 1 is 0.950 bits per heavy atom. The zero-order valence-corrected chi connectivity index (χ0v) is 34.2. The predicted octanol–water partition coefficient (Wildman–Crippen LogP) is 5.86. The van der Waals surface area contributed by atoms with E-state index < -0.39 is 12.0 Å². The highest BCUT2D eigenvalue weighted by molar-refractivity contribution is 6.00. The number of pyridine rings is 1. The van der Waals surface area contributed by atoms with Gasteiger partial charge in [0, 0.05) is 85.4 Å². The largest absolute Gasteiger partial charge is 0.481 e. The Kier molecular flexibility index (Phi) is 10.4. The number of rotatable bonds is 10. The van der Waals surface area contributed by atoms with E-state index in [1.807, 2.05) is 58.2 Å². The Bertz CT molecular complexity index is 2550. The fourth-order valence-corrected chi connectivity index (χ4v) is 8.21.